The van der Waals surface area contributed by atoms with E-state index in [1.807, 2.05) is 25.1 Å². The van der Waals surface area contributed by atoms with Gasteiger partial charge in [-0.2, -0.15) is 5.26 Å². The number of nitrogens with one attached hydrogen (secondary N) is 1. The standard InChI is InChI=1S/C26H18Cl2FN3O2S/c1-15-2-9-20(10-3-15)32-25(34)23(13-16-12-17(27)4-11-22(16)28)35-26(32)21(14-30)24(33)31-19-7-5-18(29)6-8-19/h2-12,23H,13H2,1H3,(H,31,33)/b26-21+/t23-/m0/s1. The van der Waals surface area contributed by atoms with E-state index >= 15 is 0 Å². The molecule has 1 fully saturated rings. The Labute approximate surface area is 216 Å². The average Bonchev–Trinajstić information content (AvgIpc) is 3.14. The Morgan fingerprint density at radius 3 is 2.46 bits per heavy atom. The first-order valence-electron chi connectivity index (χ1n) is 10.5. The minimum Gasteiger partial charge on any atom is -0.321 e. The van der Waals surface area contributed by atoms with Crippen LogP contribution >= 0.6 is 35.0 Å². The summed E-state index contributed by atoms with van der Waals surface area (Å²) in [5, 5.41) is 13.0. The minimum absolute atomic E-state index is 0.212. The molecule has 1 aliphatic heterocycles. The first-order valence-corrected chi connectivity index (χ1v) is 12.1. The molecule has 0 radical (unpaired) electrons. The minimum atomic E-state index is -0.701. The van der Waals surface area contributed by atoms with Crippen molar-refractivity contribution in [1.29, 1.82) is 5.26 Å². The second kappa shape index (κ2) is 10.5. The lowest BCUT2D eigenvalue weighted by molar-refractivity contribution is -0.117. The molecule has 1 atom stereocenters. The van der Waals surface area contributed by atoms with Crippen LogP contribution in [0.3, 0.4) is 0 Å². The van der Waals surface area contributed by atoms with Gasteiger partial charge < -0.3 is 5.32 Å². The van der Waals surface area contributed by atoms with Crippen molar-refractivity contribution in [3.8, 4) is 6.07 Å². The summed E-state index contributed by atoms with van der Waals surface area (Å²) < 4.78 is 13.2. The highest BCUT2D eigenvalue weighted by Crippen LogP contribution is 2.42. The molecule has 35 heavy (non-hydrogen) atoms. The molecule has 1 aliphatic rings. The Morgan fingerprint density at radius 2 is 1.80 bits per heavy atom. The van der Waals surface area contributed by atoms with Gasteiger partial charge in [0.05, 0.1) is 5.25 Å². The summed E-state index contributed by atoms with van der Waals surface area (Å²) in [4.78, 5) is 28.0. The quantitative estimate of drug-likeness (QED) is 0.304. The second-order valence-electron chi connectivity index (χ2n) is 7.81. The van der Waals surface area contributed by atoms with Gasteiger partial charge in [-0.25, -0.2) is 4.39 Å². The molecule has 0 bridgehead atoms. The van der Waals surface area contributed by atoms with Gasteiger partial charge in [0.25, 0.3) is 5.91 Å². The molecule has 2 amide bonds. The van der Waals surface area contributed by atoms with Gasteiger partial charge in [0.15, 0.2) is 0 Å². The van der Waals surface area contributed by atoms with E-state index < -0.39 is 17.0 Å². The van der Waals surface area contributed by atoms with Crippen molar-refractivity contribution in [3.05, 3.63) is 104 Å². The maximum atomic E-state index is 13.6. The van der Waals surface area contributed by atoms with Crippen LogP contribution in [-0.2, 0) is 16.0 Å². The molecule has 0 aliphatic carbocycles. The summed E-state index contributed by atoms with van der Waals surface area (Å²) in [7, 11) is 0. The van der Waals surface area contributed by atoms with Crippen LogP contribution in [0, 0.1) is 24.1 Å². The van der Waals surface area contributed by atoms with Gasteiger partial charge in [0, 0.05) is 21.4 Å². The molecule has 0 saturated carbocycles. The lowest BCUT2D eigenvalue weighted by Gasteiger charge is -2.19. The van der Waals surface area contributed by atoms with Crippen LogP contribution in [0.15, 0.2) is 77.3 Å². The largest absolute Gasteiger partial charge is 0.321 e. The molecule has 176 valence electrons. The van der Waals surface area contributed by atoms with Crippen molar-refractivity contribution >= 4 is 58.2 Å². The van der Waals surface area contributed by atoms with E-state index in [1.54, 1.807) is 30.3 Å². The Kier molecular flexibility index (Phi) is 7.46. The number of aryl methyl sites for hydroxylation is 1. The van der Waals surface area contributed by atoms with Crippen molar-refractivity contribution in [1.82, 2.24) is 0 Å². The Balaban J connectivity index is 1.73. The van der Waals surface area contributed by atoms with Crippen LogP contribution in [0.25, 0.3) is 0 Å². The first kappa shape index (κ1) is 24.8. The van der Waals surface area contributed by atoms with E-state index in [-0.39, 0.29) is 22.9 Å². The Morgan fingerprint density at radius 1 is 1.11 bits per heavy atom. The first-order chi connectivity index (χ1) is 16.8. The molecule has 9 heteroatoms. The predicted molar refractivity (Wildman–Crippen MR) is 138 cm³/mol. The van der Waals surface area contributed by atoms with Gasteiger partial charge in [-0.3, -0.25) is 14.5 Å². The summed E-state index contributed by atoms with van der Waals surface area (Å²) in [6, 6.07) is 19.4. The topological polar surface area (TPSA) is 73.2 Å². The molecule has 0 spiro atoms. The molecule has 1 heterocycles. The molecule has 3 aromatic rings. The molecular weight excluding hydrogens is 508 g/mol. The van der Waals surface area contributed by atoms with Crippen LogP contribution in [0.2, 0.25) is 10.0 Å². The van der Waals surface area contributed by atoms with Crippen molar-refractivity contribution in [2.45, 2.75) is 18.6 Å². The zero-order chi connectivity index (χ0) is 25.1. The van der Waals surface area contributed by atoms with Gasteiger partial charge >= 0.3 is 0 Å². The fourth-order valence-corrected chi connectivity index (χ4v) is 5.23. The van der Waals surface area contributed by atoms with Gasteiger partial charge in [0.1, 0.15) is 22.5 Å². The normalized spacial score (nSPS) is 16.7. The van der Waals surface area contributed by atoms with E-state index in [4.69, 9.17) is 23.2 Å². The number of carbonyl (C=O) groups is 2. The Bertz CT molecular complexity index is 1370. The lowest BCUT2D eigenvalue weighted by atomic mass is 10.1. The van der Waals surface area contributed by atoms with E-state index in [0.29, 0.717) is 27.0 Å². The smallest absolute Gasteiger partial charge is 0.269 e. The summed E-state index contributed by atoms with van der Waals surface area (Å²) >= 11 is 13.6. The van der Waals surface area contributed by atoms with E-state index in [2.05, 4.69) is 5.32 Å². The predicted octanol–water partition coefficient (Wildman–Crippen LogP) is 6.51. The highest BCUT2D eigenvalue weighted by atomic mass is 35.5. The van der Waals surface area contributed by atoms with Crippen LogP contribution in [-0.4, -0.2) is 17.1 Å². The van der Waals surface area contributed by atoms with Crippen LogP contribution in [0.1, 0.15) is 11.1 Å². The molecule has 4 rings (SSSR count). The lowest BCUT2D eigenvalue weighted by Crippen LogP contribution is -2.31. The molecule has 1 N–H and O–H groups in total. The SMILES string of the molecule is Cc1ccc(N2C(=O)[C@H](Cc3cc(Cl)ccc3Cl)S/C2=C(\C#N)C(=O)Nc2ccc(F)cc2)cc1. The van der Waals surface area contributed by atoms with Gasteiger partial charge in [-0.05, 0) is 73.5 Å². The van der Waals surface area contributed by atoms with Gasteiger partial charge in [0.2, 0.25) is 5.91 Å². The van der Waals surface area contributed by atoms with Crippen molar-refractivity contribution < 1.29 is 14.0 Å². The Hall–Kier alpha value is -3.31. The molecule has 0 aromatic heterocycles. The van der Waals surface area contributed by atoms with Crippen molar-refractivity contribution in [3.63, 3.8) is 0 Å². The maximum absolute atomic E-state index is 13.6. The van der Waals surface area contributed by atoms with Crippen molar-refractivity contribution in [2.24, 2.45) is 0 Å². The molecule has 1 saturated heterocycles. The number of halogens is 3. The molecule has 3 aromatic carbocycles. The fraction of sp³-hybridized carbons (Fsp3) is 0.115. The van der Waals surface area contributed by atoms with Gasteiger partial charge in [-0.1, -0.05) is 52.7 Å². The summed E-state index contributed by atoms with van der Waals surface area (Å²) in [5.74, 6) is -1.44. The summed E-state index contributed by atoms with van der Waals surface area (Å²) in [5.41, 5.74) is 2.31. The number of hydrogen-bond acceptors (Lipinski definition) is 4. The molecular formula is C26H18Cl2FN3O2S. The van der Waals surface area contributed by atoms with E-state index in [9.17, 15) is 19.2 Å². The summed E-state index contributed by atoms with van der Waals surface area (Å²) in [6.45, 7) is 1.92. The number of nitrogens with zero attached hydrogens (tertiary/aromatic N) is 2. The molecule has 0 unspecified atom stereocenters. The number of carbonyl (C=O) groups excluding carboxylic acids is 2. The fourth-order valence-electron chi connectivity index (χ4n) is 3.54. The van der Waals surface area contributed by atoms with Crippen LogP contribution in [0.4, 0.5) is 15.8 Å². The highest BCUT2D eigenvalue weighted by Gasteiger charge is 2.41. The second-order valence-corrected chi connectivity index (χ2v) is 9.84. The van der Waals surface area contributed by atoms with E-state index in [1.165, 1.54) is 29.2 Å². The third kappa shape index (κ3) is 5.51. The monoisotopic (exact) mass is 525 g/mol. The van der Waals surface area contributed by atoms with Crippen molar-refractivity contribution in [2.75, 3.05) is 10.2 Å². The van der Waals surface area contributed by atoms with Crippen LogP contribution in [0.5, 0.6) is 0 Å². The highest BCUT2D eigenvalue weighted by molar-refractivity contribution is 8.05. The number of amides is 2. The zero-order valence-corrected chi connectivity index (χ0v) is 20.7. The number of hydrogen-bond donors (Lipinski definition) is 1. The molecule has 5 nitrogen and oxygen atoms in total. The number of thioether (sulfide) groups is 1. The number of benzene rings is 3. The van der Waals surface area contributed by atoms with Gasteiger partial charge in [-0.15, -0.1) is 0 Å². The number of rotatable bonds is 5. The third-order valence-electron chi connectivity index (χ3n) is 5.31. The average molecular weight is 526 g/mol. The zero-order valence-electron chi connectivity index (χ0n) is 18.4. The van der Waals surface area contributed by atoms with Crippen LogP contribution < -0.4 is 10.2 Å². The third-order valence-corrected chi connectivity index (χ3v) is 7.18. The number of anilines is 2. The maximum Gasteiger partial charge on any atom is 0.269 e. The number of nitriles is 1. The summed E-state index contributed by atoms with van der Waals surface area (Å²) in [6.07, 6.45) is 0.257. The van der Waals surface area contributed by atoms with E-state index in [0.717, 1.165) is 17.3 Å².